The summed E-state index contributed by atoms with van der Waals surface area (Å²) in [6, 6.07) is 12.3. The fourth-order valence-electron chi connectivity index (χ4n) is 2.74. The summed E-state index contributed by atoms with van der Waals surface area (Å²) in [5, 5.41) is 0.613. The SMILES string of the molecule is Cc1cc(N)c(Cl)cc1N1CCN(C)c2ccccc21. The fraction of sp³-hybridized carbons (Fsp3) is 0.250. The van der Waals surface area contributed by atoms with Gasteiger partial charge in [0.15, 0.2) is 0 Å². The van der Waals surface area contributed by atoms with E-state index in [0.717, 1.165) is 24.3 Å². The van der Waals surface area contributed by atoms with E-state index in [9.17, 15) is 0 Å². The molecule has 0 spiro atoms. The Morgan fingerprint density at radius 2 is 1.75 bits per heavy atom. The van der Waals surface area contributed by atoms with Crippen molar-refractivity contribution in [2.24, 2.45) is 0 Å². The van der Waals surface area contributed by atoms with Gasteiger partial charge in [-0.05, 0) is 36.8 Å². The van der Waals surface area contributed by atoms with Crippen LogP contribution < -0.4 is 15.5 Å². The summed E-state index contributed by atoms with van der Waals surface area (Å²) in [4.78, 5) is 4.59. The van der Waals surface area contributed by atoms with Gasteiger partial charge in [-0.3, -0.25) is 0 Å². The molecule has 104 valence electrons. The number of benzene rings is 2. The van der Waals surface area contributed by atoms with Gasteiger partial charge < -0.3 is 15.5 Å². The van der Waals surface area contributed by atoms with Gasteiger partial charge in [0.1, 0.15) is 0 Å². The molecule has 2 aromatic rings. The minimum Gasteiger partial charge on any atom is -0.398 e. The molecule has 3 rings (SSSR count). The number of para-hydroxylation sites is 2. The summed E-state index contributed by atoms with van der Waals surface area (Å²) in [5.74, 6) is 0. The van der Waals surface area contributed by atoms with Crippen LogP contribution in [0.25, 0.3) is 0 Å². The third kappa shape index (κ3) is 2.08. The third-order valence-corrected chi connectivity index (χ3v) is 4.18. The van der Waals surface area contributed by atoms with Gasteiger partial charge in [-0.2, -0.15) is 0 Å². The number of hydrogen-bond donors (Lipinski definition) is 1. The predicted octanol–water partition coefficient (Wildman–Crippen LogP) is 3.82. The minimum atomic E-state index is 0.613. The number of nitrogen functional groups attached to an aromatic ring is 1. The maximum Gasteiger partial charge on any atom is 0.0656 e. The summed E-state index contributed by atoms with van der Waals surface area (Å²) >= 11 is 6.20. The van der Waals surface area contributed by atoms with E-state index in [1.807, 2.05) is 12.1 Å². The molecule has 0 saturated heterocycles. The molecule has 4 heteroatoms. The molecule has 0 amide bonds. The molecule has 0 aromatic heterocycles. The quantitative estimate of drug-likeness (QED) is 0.809. The van der Waals surface area contributed by atoms with Crippen LogP contribution in [0, 0.1) is 6.92 Å². The van der Waals surface area contributed by atoms with E-state index < -0.39 is 0 Å². The van der Waals surface area contributed by atoms with Crippen LogP contribution in [-0.2, 0) is 0 Å². The molecule has 3 nitrogen and oxygen atoms in total. The standard InChI is InChI=1S/C16H18ClN3/c1-11-9-13(18)12(17)10-16(11)20-8-7-19(2)14-5-3-4-6-15(14)20/h3-6,9-10H,7-8,18H2,1-2H3. The van der Waals surface area contributed by atoms with Gasteiger partial charge in [0.25, 0.3) is 0 Å². The van der Waals surface area contributed by atoms with Crippen molar-refractivity contribution in [3.05, 3.63) is 47.0 Å². The Morgan fingerprint density at radius 1 is 1.05 bits per heavy atom. The topological polar surface area (TPSA) is 32.5 Å². The summed E-state index contributed by atoms with van der Waals surface area (Å²) in [7, 11) is 2.12. The van der Waals surface area contributed by atoms with E-state index in [1.165, 1.54) is 11.4 Å². The van der Waals surface area contributed by atoms with Crippen molar-refractivity contribution in [1.29, 1.82) is 0 Å². The smallest absolute Gasteiger partial charge is 0.0656 e. The third-order valence-electron chi connectivity index (χ3n) is 3.85. The second-order valence-electron chi connectivity index (χ2n) is 5.22. The Labute approximate surface area is 124 Å². The Hall–Kier alpha value is -1.87. The van der Waals surface area contributed by atoms with Crippen LogP contribution in [-0.4, -0.2) is 20.1 Å². The zero-order chi connectivity index (χ0) is 14.3. The van der Waals surface area contributed by atoms with Crippen LogP contribution in [0.4, 0.5) is 22.7 Å². The van der Waals surface area contributed by atoms with Crippen molar-refractivity contribution >= 4 is 34.4 Å². The lowest BCUT2D eigenvalue weighted by Gasteiger charge is -2.37. The number of nitrogens with zero attached hydrogens (tertiary/aromatic N) is 2. The summed E-state index contributed by atoms with van der Waals surface area (Å²) < 4.78 is 0. The van der Waals surface area contributed by atoms with E-state index in [1.54, 1.807) is 0 Å². The largest absolute Gasteiger partial charge is 0.398 e. The maximum absolute atomic E-state index is 6.20. The molecule has 0 saturated carbocycles. The molecule has 20 heavy (non-hydrogen) atoms. The normalized spacial score (nSPS) is 14.3. The zero-order valence-corrected chi connectivity index (χ0v) is 12.5. The fourth-order valence-corrected chi connectivity index (χ4v) is 2.90. The molecule has 0 atom stereocenters. The number of likely N-dealkylation sites (N-methyl/N-ethyl adjacent to an activating group) is 1. The average molecular weight is 288 g/mol. The second-order valence-corrected chi connectivity index (χ2v) is 5.63. The van der Waals surface area contributed by atoms with Crippen molar-refractivity contribution in [3.8, 4) is 0 Å². The van der Waals surface area contributed by atoms with E-state index in [-0.39, 0.29) is 0 Å². The van der Waals surface area contributed by atoms with Crippen LogP contribution in [0.2, 0.25) is 5.02 Å². The molecule has 2 N–H and O–H groups in total. The summed E-state index contributed by atoms with van der Waals surface area (Å²) in [6.45, 7) is 4.00. The Balaban J connectivity index is 2.12. The number of halogens is 1. The highest BCUT2D eigenvalue weighted by molar-refractivity contribution is 6.33. The van der Waals surface area contributed by atoms with Crippen molar-refractivity contribution in [3.63, 3.8) is 0 Å². The van der Waals surface area contributed by atoms with E-state index in [4.69, 9.17) is 17.3 Å². The van der Waals surface area contributed by atoms with Crippen LogP contribution in [0.5, 0.6) is 0 Å². The molecule has 1 aliphatic heterocycles. The van der Waals surface area contributed by atoms with Crippen molar-refractivity contribution in [2.75, 3.05) is 35.7 Å². The first-order chi connectivity index (χ1) is 9.58. The summed E-state index contributed by atoms with van der Waals surface area (Å²) in [6.07, 6.45) is 0. The number of aryl methyl sites for hydroxylation is 1. The molecule has 1 heterocycles. The Bertz CT molecular complexity index is 654. The molecule has 0 aliphatic carbocycles. The first-order valence-electron chi connectivity index (χ1n) is 6.71. The van der Waals surface area contributed by atoms with Crippen LogP contribution in [0.15, 0.2) is 36.4 Å². The second kappa shape index (κ2) is 4.91. The van der Waals surface area contributed by atoms with Crippen LogP contribution in [0.3, 0.4) is 0 Å². The Morgan fingerprint density at radius 3 is 2.50 bits per heavy atom. The van der Waals surface area contributed by atoms with Crippen LogP contribution >= 0.6 is 11.6 Å². The number of nitrogens with two attached hydrogens (primary N) is 1. The van der Waals surface area contributed by atoms with Crippen molar-refractivity contribution in [2.45, 2.75) is 6.92 Å². The lowest BCUT2D eigenvalue weighted by molar-refractivity contribution is 0.820. The monoisotopic (exact) mass is 287 g/mol. The van der Waals surface area contributed by atoms with Gasteiger partial charge in [0.05, 0.1) is 22.1 Å². The average Bonchev–Trinajstić information content (AvgIpc) is 2.44. The van der Waals surface area contributed by atoms with Crippen molar-refractivity contribution < 1.29 is 0 Å². The first kappa shape index (κ1) is 13.1. The molecule has 2 aromatic carbocycles. The minimum absolute atomic E-state index is 0.613. The van der Waals surface area contributed by atoms with E-state index in [2.05, 4.69) is 48.0 Å². The lowest BCUT2D eigenvalue weighted by Crippen LogP contribution is -2.36. The van der Waals surface area contributed by atoms with Gasteiger partial charge >= 0.3 is 0 Å². The number of anilines is 4. The predicted molar refractivity (Wildman–Crippen MR) is 87.3 cm³/mol. The molecule has 0 bridgehead atoms. The van der Waals surface area contributed by atoms with Gasteiger partial charge in [0, 0.05) is 25.8 Å². The van der Waals surface area contributed by atoms with Gasteiger partial charge in [0.2, 0.25) is 0 Å². The number of rotatable bonds is 1. The van der Waals surface area contributed by atoms with Gasteiger partial charge in [-0.25, -0.2) is 0 Å². The molecular formula is C16H18ClN3. The molecule has 1 aliphatic rings. The van der Waals surface area contributed by atoms with E-state index in [0.29, 0.717) is 10.7 Å². The van der Waals surface area contributed by atoms with Crippen LogP contribution in [0.1, 0.15) is 5.56 Å². The molecule has 0 radical (unpaired) electrons. The number of fused-ring (bicyclic) bond motifs is 1. The highest BCUT2D eigenvalue weighted by atomic mass is 35.5. The molecular weight excluding hydrogens is 270 g/mol. The summed E-state index contributed by atoms with van der Waals surface area (Å²) in [5.41, 5.74) is 11.2. The Kier molecular flexibility index (Phi) is 3.22. The first-order valence-corrected chi connectivity index (χ1v) is 7.09. The molecule has 0 fully saturated rings. The highest BCUT2D eigenvalue weighted by Gasteiger charge is 2.22. The van der Waals surface area contributed by atoms with E-state index >= 15 is 0 Å². The zero-order valence-electron chi connectivity index (χ0n) is 11.7. The lowest BCUT2D eigenvalue weighted by atomic mass is 10.1. The van der Waals surface area contributed by atoms with Gasteiger partial charge in [-0.15, -0.1) is 0 Å². The maximum atomic E-state index is 6.20. The molecule has 0 unspecified atom stereocenters. The van der Waals surface area contributed by atoms with Gasteiger partial charge in [-0.1, -0.05) is 23.7 Å². The highest BCUT2D eigenvalue weighted by Crippen LogP contribution is 2.39. The van der Waals surface area contributed by atoms with Crippen molar-refractivity contribution in [1.82, 2.24) is 0 Å². The number of hydrogen-bond acceptors (Lipinski definition) is 3.